The Kier molecular flexibility index (Phi) is 7.88. The van der Waals surface area contributed by atoms with Crippen LogP contribution >= 0.6 is 27.3 Å². The number of aromatic nitrogens is 4. The average molecular weight is 654 g/mol. The number of thiazole rings is 1. The maximum absolute atomic E-state index is 11.8. The van der Waals surface area contributed by atoms with Crippen molar-refractivity contribution >= 4 is 55.9 Å². The van der Waals surface area contributed by atoms with E-state index >= 15 is 0 Å². The van der Waals surface area contributed by atoms with E-state index in [1.807, 2.05) is 6.20 Å². The minimum Gasteiger partial charge on any atom is -0.465 e. The molecule has 2 fully saturated rings. The van der Waals surface area contributed by atoms with Crippen LogP contribution in [0.1, 0.15) is 31.5 Å². The number of carboxylic acid groups (broad SMARTS) is 1. The zero-order valence-corrected chi connectivity index (χ0v) is 26.9. The van der Waals surface area contributed by atoms with Gasteiger partial charge in [-0.15, -0.1) is 11.3 Å². The normalized spacial score (nSPS) is 18.7. The maximum atomic E-state index is 11.8. The molecule has 0 spiro atoms. The van der Waals surface area contributed by atoms with Crippen molar-refractivity contribution in [3.8, 4) is 11.4 Å². The van der Waals surface area contributed by atoms with Gasteiger partial charge in [0.15, 0.2) is 5.65 Å². The number of benzene rings is 1. The third-order valence-corrected chi connectivity index (χ3v) is 9.72. The lowest BCUT2D eigenvalue weighted by molar-refractivity contribution is 0.0748. The van der Waals surface area contributed by atoms with Gasteiger partial charge in [-0.05, 0) is 52.5 Å². The van der Waals surface area contributed by atoms with Crippen LogP contribution in [0.15, 0.2) is 40.3 Å². The predicted molar refractivity (Wildman–Crippen MR) is 172 cm³/mol. The van der Waals surface area contributed by atoms with Gasteiger partial charge >= 0.3 is 6.09 Å². The van der Waals surface area contributed by atoms with Gasteiger partial charge in [0.1, 0.15) is 11.3 Å². The number of anilines is 2. The number of H-pyrrole nitrogens is 1. The average Bonchev–Trinajstić information content (AvgIpc) is 3.58. The van der Waals surface area contributed by atoms with Crippen LogP contribution in [0.5, 0.6) is 0 Å². The number of aryl methyl sites for hydroxylation is 1. The van der Waals surface area contributed by atoms with Gasteiger partial charge in [0, 0.05) is 75.2 Å². The minimum atomic E-state index is -0.845. The van der Waals surface area contributed by atoms with Gasteiger partial charge in [-0.1, -0.05) is 20.8 Å². The summed E-state index contributed by atoms with van der Waals surface area (Å²) in [4.78, 5) is 38.3. The van der Waals surface area contributed by atoms with Crippen molar-refractivity contribution in [3.63, 3.8) is 0 Å². The van der Waals surface area contributed by atoms with E-state index in [1.54, 1.807) is 16.2 Å². The fourth-order valence-electron chi connectivity index (χ4n) is 6.01. The van der Waals surface area contributed by atoms with E-state index in [9.17, 15) is 9.90 Å². The molecule has 1 aromatic carbocycles. The molecular formula is C30H37BrN8O2S. The zero-order valence-electron chi connectivity index (χ0n) is 24.5. The van der Waals surface area contributed by atoms with Crippen molar-refractivity contribution in [1.29, 1.82) is 0 Å². The first-order valence-electron chi connectivity index (χ1n) is 14.3. The summed E-state index contributed by atoms with van der Waals surface area (Å²) in [5, 5.41) is 13.0. The van der Waals surface area contributed by atoms with Gasteiger partial charge in [0.05, 0.1) is 26.9 Å². The van der Waals surface area contributed by atoms with Crippen LogP contribution in [0.2, 0.25) is 0 Å². The van der Waals surface area contributed by atoms with Gasteiger partial charge in [0.2, 0.25) is 0 Å². The molecule has 222 valence electrons. The van der Waals surface area contributed by atoms with Gasteiger partial charge in [0.25, 0.3) is 0 Å². The fourth-order valence-corrected chi connectivity index (χ4v) is 7.16. The molecule has 6 rings (SSSR count). The van der Waals surface area contributed by atoms with E-state index in [-0.39, 0.29) is 11.5 Å². The topological polar surface area (TPSA) is 105 Å². The second kappa shape index (κ2) is 11.5. The van der Waals surface area contributed by atoms with E-state index < -0.39 is 6.09 Å². The first-order valence-corrected chi connectivity index (χ1v) is 16.0. The van der Waals surface area contributed by atoms with Crippen LogP contribution in [-0.4, -0.2) is 92.8 Å². The molecule has 1 unspecified atom stereocenters. The summed E-state index contributed by atoms with van der Waals surface area (Å²) in [5.74, 6) is 0.782. The van der Waals surface area contributed by atoms with Gasteiger partial charge in [-0.25, -0.2) is 19.7 Å². The summed E-state index contributed by atoms with van der Waals surface area (Å²) in [7, 11) is 0. The number of nitrogens with zero attached hydrogens (tertiary/aromatic N) is 7. The van der Waals surface area contributed by atoms with E-state index in [0.29, 0.717) is 19.6 Å². The van der Waals surface area contributed by atoms with Crippen LogP contribution in [0.3, 0.4) is 0 Å². The van der Waals surface area contributed by atoms with Crippen molar-refractivity contribution in [2.24, 2.45) is 5.41 Å². The lowest BCUT2D eigenvalue weighted by atomic mass is 9.84. The number of carbonyl (C=O) groups is 1. The summed E-state index contributed by atoms with van der Waals surface area (Å²) in [5.41, 5.74) is 5.78. The van der Waals surface area contributed by atoms with Gasteiger partial charge in [-0.2, -0.15) is 0 Å². The Balaban J connectivity index is 1.18. The Morgan fingerprint density at radius 3 is 2.43 bits per heavy atom. The maximum Gasteiger partial charge on any atom is 0.407 e. The molecule has 10 nitrogen and oxygen atoms in total. The number of aromatic amines is 1. The van der Waals surface area contributed by atoms with Crippen LogP contribution in [0, 0.1) is 12.3 Å². The number of nitrogens with one attached hydrogen (secondary N) is 1. The SMILES string of the molecule is Cc1nc(CN2CCN(c3c(Br)cnc4[nH]c(-c5ccc(N6CCN(C(=O)O)C(C(C)(C)C)C6)cc5)nc34)CC2)cs1. The highest BCUT2D eigenvalue weighted by atomic mass is 79.9. The highest BCUT2D eigenvalue weighted by Crippen LogP contribution is 2.35. The van der Waals surface area contributed by atoms with Crippen molar-refractivity contribution in [1.82, 2.24) is 29.7 Å². The predicted octanol–water partition coefficient (Wildman–Crippen LogP) is 5.69. The molecule has 3 aromatic heterocycles. The van der Waals surface area contributed by atoms with Crippen LogP contribution < -0.4 is 9.80 Å². The molecule has 5 heterocycles. The summed E-state index contributed by atoms with van der Waals surface area (Å²) in [6.07, 6.45) is 1.01. The molecule has 2 aliphatic rings. The smallest absolute Gasteiger partial charge is 0.407 e. The Hall–Kier alpha value is -3.22. The number of hydrogen-bond donors (Lipinski definition) is 2. The van der Waals surface area contributed by atoms with Crippen molar-refractivity contribution in [2.75, 3.05) is 55.6 Å². The van der Waals surface area contributed by atoms with Crippen LogP contribution in [-0.2, 0) is 6.54 Å². The molecular weight excluding hydrogens is 616 g/mol. The number of fused-ring (bicyclic) bond motifs is 1. The zero-order chi connectivity index (χ0) is 29.6. The third kappa shape index (κ3) is 5.84. The first-order chi connectivity index (χ1) is 20.1. The molecule has 1 atom stereocenters. The van der Waals surface area contributed by atoms with Crippen molar-refractivity contribution in [3.05, 3.63) is 51.0 Å². The lowest BCUT2D eigenvalue weighted by Crippen LogP contribution is -2.59. The summed E-state index contributed by atoms with van der Waals surface area (Å²) in [6.45, 7) is 14.8. The third-order valence-electron chi connectivity index (χ3n) is 8.31. The van der Waals surface area contributed by atoms with Gasteiger partial charge < -0.3 is 24.8 Å². The van der Waals surface area contributed by atoms with Gasteiger partial charge in [-0.3, -0.25) is 4.90 Å². The van der Waals surface area contributed by atoms with Crippen molar-refractivity contribution in [2.45, 2.75) is 40.3 Å². The first kappa shape index (κ1) is 28.9. The number of pyridine rings is 1. The highest BCUT2D eigenvalue weighted by molar-refractivity contribution is 9.10. The molecule has 0 aliphatic carbocycles. The van der Waals surface area contributed by atoms with E-state index in [0.717, 1.165) is 81.8 Å². The molecule has 12 heteroatoms. The van der Waals surface area contributed by atoms with Crippen molar-refractivity contribution < 1.29 is 9.90 Å². The molecule has 4 aromatic rings. The Bertz CT molecular complexity index is 1570. The number of amides is 1. The Morgan fingerprint density at radius 1 is 1.07 bits per heavy atom. The summed E-state index contributed by atoms with van der Waals surface area (Å²) in [6, 6.07) is 8.28. The largest absolute Gasteiger partial charge is 0.465 e. The number of piperazine rings is 2. The number of halogens is 1. The van der Waals surface area contributed by atoms with E-state index in [4.69, 9.17) is 4.98 Å². The second-order valence-corrected chi connectivity index (χ2v) is 14.1. The number of hydrogen-bond acceptors (Lipinski definition) is 8. The summed E-state index contributed by atoms with van der Waals surface area (Å²) >= 11 is 5.46. The van der Waals surface area contributed by atoms with Crippen LogP contribution in [0.25, 0.3) is 22.6 Å². The summed E-state index contributed by atoms with van der Waals surface area (Å²) < 4.78 is 0.945. The van der Waals surface area contributed by atoms with E-state index in [1.165, 1.54) is 0 Å². The second-order valence-electron chi connectivity index (χ2n) is 12.2. The minimum absolute atomic E-state index is 0.0832. The molecule has 0 bridgehead atoms. The lowest BCUT2D eigenvalue weighted by Gasteiger charge is -2.46. The highest BCUT2D eigenvalue weighted by Gasteiger charge is 2.38. The number of imidazole rings is 1. The molecule has 0 radical (unpaired) electrons. The van der Waals surface area contributed by atoms with E-state index in [2.05, 4.69) is 103 Å². The molecule has 0 saturated carbocycles. The Labute approximate surface area is 258 Å². The van der Waals surface area contributed by atoms with Crippen LogP contribution in [0.4, 0.5) is 16.2 Å². The quantitative estimate of drug-likeness (QED) is 0.283. The standard InChI is InChI=1S/C30H37BrN8O2S/c1-19-33-21(18-42-19)16-36-9-11-37(12-10-36)26-23(31)15-32-28-25(26)34-27(35-28)20-5-7-22(8-6-20)38-13-14-39(29(40)41)24(17-38)30(2,3)4/h5-8,15,18,24H,9-14,16-17H2,1-4H3,(H,40,41)(H,32,34,35). The molecule has 2 N–H and O–H groups in total. The molecule has 1 amide bonds. The molecule has 42 heavy (non-hydrogen) atoms. The number of rotatable bonds is 5. The monoisotopic (exact) mass is 652 g/mol. The fraction of sp³-hybridized carbons (Fsp3) is 0.467. The molecule has 2 saturated heterocycles. The Morgan fingerprint density at radius 2 is 1.79 bits per heavy atom. The molecule has 2 aliphatic heterocycles.